The molecule has 0 aromatic heterocycles. The van der Waals surface area contributed by atoms with E-state index in [0.29, 0.717) is 0 Å². The summed E-state index contributed by atoms with van der Waals surface area (Å²) in [6.07, 6.45) is 0. The fraction of sp³-hybridized carbons (Fsp3) is 0. The average Bonchev–Trinajstić information content (AvgIpc) is 2.71. The maximum absolute atomic E-state index is 5.61. The number of nitrogen functional groups attached to an aromatic ring is 4. The van der Waals surface area contributed by atoms with Crippen molar-refractivity contribution in [1.29, 1.82) is 0 Å². The van der Waals surface area contributed by atoms with Crippen LogP contribution in [-0.4, -0.2) is 0 Å². The molecule has 4 nitrogen and oxygen atoms in total. The number of hydrogen-bond donors (Lipinski definition) is 4. The van der Waals surface area contributed by atoms with Gasteiger partial charge in [-0.3, -0.25) is 0 Å². The molecule has 29 heavy (non-hydrogen) atoms. The van der Waals surface area contributed by atoms with Crippen molar-refractivity contribution >= 4 is 35.2 Å². The molecular formula is C24H25ClN4. The highest BCUT2D eigenvalue weighted by Gasteiger charge is 1.97. The Kier molecular flexibility index (Phi) is 7.52. The number of nitrogens with two attached hydrogens (primary N) is 4. The first-order valence-electron chi connectivity index (χ1n) is 8.94. The van der Waals surface area contributed by atoms with Crippen molar-refractivity contribution in [2.24, 2.45) is 0 Å². The zero-order valence-electron chi connectivity index (χ0n) is 16.0. The molecule has 0 heterocycles. The lowest BCUT2D eigenvalue weighted by molar-refractivity contribution is 1.61. The van der Waals surface area contributed by atoms with E-state index >= 15 is 0 Å². The molecule has 4 aromatic rings. The Bertz CT molecular complexity index is 836. The summed E-state index contributed by atoms with van der Waals surface area (Å²) in [5.41, 5.74) is 30.2. The van der Waals surface area contributed by atoms with Gasteiger partial charge in [-0.2, -0.15) is 0 Å². The van der Waals surface area contributed by atoms with E-state index in [4.69, 9.17) is 22.9 Å². The number of anilines is 4. The highest BCUT2D eigenvalue weighted by molar-refractivity contribution is 5.85. The third-order valence-corrected chi connectivity index (χ3v) is 4.31. The second-order valence-corrected chi connectivity index (χ2v) is 6.49. The van der Waals surface area contributed by atoms with Crippen molar-refractivity contribution in [3.63, 3.8) is 0 Å². The topological polar surface area (TPSA) is 104 Å². The first-order chi connectivity index (χ1) is 13.5. The summed E-state index contributed by atoms with van der Waals surface area (Å²) in [6.45, 7) is 0. The number of hydrogen-bond acceptors (Lipinski definition) is 4. The summed E-state index contributed by atoms with van der Waals surface area (Å²) in [5, 5.41) is 0. The van der Waals surface area contributed by atoms with E-state index in [1.54, 1.807) is 0 Å². The van der Waals surface area contributed by atoms with Crippen molar-refractivity contribution in [2.75, 3.05) is 22.9 Å². The number of rotatable bonds is 2. The summed E-state index contributed by atoms with van der Waals surface area (Å²) < 4.78 is 0. The van der Waals surface area contributed by atoms with Gasteiger partial charge in [0.2, 0.25) is 0 Å². The van der Waals surface area contributed by atoms with Gasteiger partial charge < -0.3 is 22.9 Å². The summed E-state index contributed by atoms with van der Waals surface area (Å²) in [5.74, 6) is 0. The van der Waals surface area contributed by atoms with Gasteiger partial charge in [0.15, 0.2) is 0 Å². The van der Waals surface area contributed by atoms with Crippen LogP contribution in [0, 0.1) is 0 Å². The minimum Gasteiger partial charge on any atom is -0.399 e. The molecule has 0 aliphatic rings. The van der Waals surface area contributed by atoms with E-state index in [1.165, 1.54) is 0 Å². The molecule has 0 radical (unpaired) electrons. The molecule has 5 heteroatoms. The Hall–Kier alpha value is -3.63. The van der Waals surface area contributed by atoms with Gasteiger partial charge in [0, 0.05) is 22.7 Å². The number of benzene rings is 4. The lowest BCUT2D eigenvalue weighted by Gasteiger charge is -2.02. The van der Waals surface area contributed by atoms with Gasteiger partial charge in [-0.05, 0) is 70.8 Å². The molecule has 0 aliphatic carbocycles. The Morgan fingerprint density at radius 3 is 0.552 bits per heavy atom. The van der Waals surface area contributed by atoms with Gasteiger partial charge in [-0.1, -0.05) is 48.5 Å². The average molecular weight is 405 g/mol. The van der Waals surface area contributed by atoms with Gasteiger partial charge in [0.1, 0.15) is 0 Å². The molecule has 148 valence electrons. The zero-order valence-corrected chi connectivity index (χ0v) is 16.8. The Balaban J connectivity index is 0.000000200. The first-order valence-corrected chi connectivity index (χ1v) is 8.94. The molecule has 0 saturated carbocycles. The lowest BCUT2D eigenvalue weighted by atomic mass is 10.1. The molecule has 4 aromatic carbocycles. The largest absolute Gasteiger partial charge is 0.399 e. The van der Waals surface area contributed by atoms with Crippen LogP contribution < -0.4 is 22.9 Å². The Labute approximate surface area is 177 Å². The van der Waals surface area contributed by atoms with Crippen molar-refractivity contribution in [3.05, 3.63) is 97.1 Å². The van der Waals surface area contributed by atoms with Crippen LogP contribution in [0.5, 0.6) is 0 Å². The van der Waals surface area contributed by atoms with Crippen LogP contribution in [-0.2, 0) is 0 Å². The van der Waals surface area contributed by atoms with Gasteiger partial charge in [-0.25, -0.2) is 0 Å². The smallest absolute Gasteiger partial charge is 0.0314 e. The zero-order chi connectivity index (χ0) is 19.9. The van der Waals surface area contributed by atoms with Crippen LogP contribution in [0.2, 0.25) is 0 Å². The lowest BCUT2D eigenvalue weighted by Crippen LogP contribution is -1.85. The van der Waals surface area contributed by atoms with Crippen molar-refractivity contribution < 1.29 is 0 Å². The van der Waals surface area contributed by atoms with Crippen LogP contribution in [0.1, 0.15) is 0 Å². The fourth-order valence-corrected chi connectivity index (χ4v) is 2.70. The molecule has 0 fully saturated rings. The van der Waals surface area contributed by atoms with Gasteiger partial charge in [0.05, 0.1) is 0 Å². The predicted molar refractivity (Wildman–Crippen MR) is 129 cm³/mol. The summed E-state index contributed by atoms with van der Waals surface area (Å²) >= 11 is 0. The third kappa shape index (κ3) is 6.19. The predicted octanol–water partition coefficient (Wildman–Crippen LogP) is 5.46. The van der Waals surface area contributed by atoms with Crippen molar-refractivity contribution in [3.8, 4) is 22.3 Å². The van der Waals surface area contributed by atoms with Crippen LogP contribution in [0.15, 0.2) is 97.1 Å². The van der Waals surface area contributed by atoms with E-state index < -0.39 is 0 Å². The fourth-order valence-electron chi connectivity index (χ4n) is 2.70. The quantitative estimate of drug-likeness (QED) is 0.333. The molecule has 4 rings (SSSR count). The Morgan fingerprint density at radius 1 is 0.276 bits per heavy atom. The minimum atomic E-state index is 0. The van der Waals surface area contributed by atoms with Gasteiger partial charge in [0.25, 0.3) is 0 Å². The molecule has 0 spiro atoms. The summed E-state index contributed by atoms with van der Waals surface area (Å²) in [7, 11) is 0. The van der Waals surface area contributed by atoms with E-state index in [-0.39, 0.29) is 12.4 Å². The highest BCUT2D eigenvalue weighted by atomic mass is 35.5. The molecular weight excluding hydrogens is 380 g/mol. The third-order valence-electron chi connectivity index (χ3n) is 4.31. The van der Waals surface area contributed by atoms with E-state index in [1.807, 2.05) is 97.1 Å². The molecule has 0 amide bonds. The SMILES string of the molecule is Cl.Nc1ccc(-c2ccc(N)cc2)cc1.Nc1ccc(-c2ccc(N)cc2)cc1. The van der Waals surface area contributed by atoms with Gasteiger partial charge in [-0.15, -0.1) is 12.4 Å². The Morgan fingerprint density at radius 2 is 0.414 bits per heavy atom. The maximum atomic E-state index is 5.61. The second-order valence-electron chi connectivity index (χ2n) is 6.49. The van der Waals surface area contributed by atoms with E-state index in [9.17, 15) is 0 Å². The second kappa shape index (κ2) is 10.1. The minimum absolute atomic E-state index is 0. The molecule has 0 aliphatic heterocycles. The van der Waals surface area contributed by atoms with Crippen LogP contribution >= 0.6 is 12.4 Å². The molecule has 0 unspecified atom stereocenters. The summed E-state index contributed by atoms with van der Waals surface area (Å²) in [6, 6.07) is 31.2. The standard InChI is InChI=1S/2C12H12N2.ClH/c2*13-11-5-1-9(2-6-11)10-3-7-12(14)8-4-10;/h2*1-8H,13-14H2;1H. The van der Waals surface area contributed by atoms with Crippen LogP contribution in [0.25, 0.3) is 22.3 Å². The normalized spacial score (nSPS) is 9.66. The molecule has 0 saturated heterocycles. The van der Waals surface area contributed by atoms with Crippen molar-refractivity contribution in [1.82, 2.24) is 0 Å². The highest BCUT2D eigenvalue weighted by Crippen LogP contribution is 2.22. The molecule has 0 bridgehead atoms. The first kappa shape index (κ1) is 21.7. The molecule has 8 N–H and O–H groups in total. The van der Waals surface area contributed by atoms with E-state index in [2.05, 4.69) is 0 Å². The summed E-state index contributed by atoms with van der Waals surface area (Å²) in [4.78, 5) is 0. The maximum Gasteiger partial charge on any atom is 0.0314 e. The van der Waals surface area contributed by atoms with Crippen molar-refractivity contribution in [2.45, 2.75) is 0 Å². The molecule has 0 atom stereocenters. The van der Waals surface area contributed by atoms with Crippen LogP contribution in [0.4, 0.5) is 22.7 Å². The monoisotopic (exact) mass is 404 g/mol. The number of halogens is 1. The van der Waals surface area contributed by atoms with E-state index in [0.717, 1.165) is 45.0 Å². The van der Waals surface area contributed by atoms with Gasteiger partial charge >= 0.3 is 0 Å². The van der Waals surface area contributed by atoms with Crippen LogP contribution in [0.3, 0.4) is 0 Å².